The van der Waals surface area contributed by atoms with Crippen molar-refractivity contribution in [2.45, 2.75) is 38.5 Å². The zero-order valence-electron chi connectivity index (χ0n) is 21.2. The second-order valence-corrected chi connectivity index (χ2v) is 10.2. The summed E-state index contributed by atoms with van der Waals surface area (Å²) in [5.74, 6) is 1.58. The molecule has 194 valence electrons. The van der Waals surface area contributed by atoms with E-state index in [2.05, 4.69) is 39.9 Å². The topological polar surface area (TPSA) is 67.2 Å². The zero-order valence-corrected chi connectivity index (χ0v) is 21.2. The number of para-hydroxylation sites is 3. The van der Waals surface area contributed by atoms with Crippen LogP contribution < -0.4 is 9.47 Å². The average molecular weight is 503 g/mol. The van der Waals surface area contributed by atoms with Crippen LogP contribution in [0.3, 0.4) is 0 Å². The Bertz CT molecular complexity index is 1270. The number of carbonyl (C=O) groups is 2. The SMILES string of the molecule is O=C(CCc1cn(CN2CCN(C(=O)[C@H]3COc4ccccc4O3)CC2)c2ccccc12)N1CCCC1. The van der Waals surface area contributed by atoms with E-state index in [0.717, 1.165) is 52.1 Å². The Hall–Kier alpha value is -3.52. The number of fused-ring (bicyclic) bond motifs is 2. The third-order valence-electron chi connectivity index (χ3n) is 7.76. The van der Waals surface area contributed by atoms with Crippen molar-refractivity contribution < 1.29 is 19.1 Å². The summed E-state index contributed by atoms with van der Waals surface area (Å²) >= 11 is 0. The molecule has 1 aromatic heterocycles. The van der Waals surface area contributed by atoms with Crippen LogP contribution in [0.5, 0.6) is 11.5 Å². The molecule has 6 rings (SSSR count). The van der Waals surface area contributed by atoms with E-state index in [9.17, 15) is 9.59 Å². The Morgan fingerprint density at radius 3 is 2.38 bits per heavy atom. The molecular formula is C29H34N4O4. The maximum absolute atomic E-state index is 13.1. The number of nitrogens with zero attached hydrogens (tertiary/aromatic N) is 4. The van der Waals surface area contributed by atoms with E-state index in [1.54, 1.807) is 0 Å². The van der Waals surface area contributed by atoms with Gasteiger partial charge in [-0.2, -0.15) is 0 Å². The van der Waals surface area contributed by atoms with E-state index in [0.29, 0.717) is 31.0 Å². The molecule has 2 aromatic carbocycles. The molecule has 8 nitrogen and oxygen atoms in total. The van der Waals surface area contributed by atoms with Crippen LogP contribution in [0.4, 0.5) is 0 Å². The number of aryl methyl sites for hydroxylation is 1. The van der Waals surface area contributed by atoms with Gasteiger partial charge in [0.15, 0.2) is 11.5 Å². The van der Waals surface area contributed by atoms with Gasteiger partial charge >= 0.3 is 0 Å². The van der Waals surface area contributed by atoms with Crippen molar-refractivity contribution in [3.05, 3.63) is 60.3 Å². The number of hydrogen-bond acceptors (Lipinski definition) is 5. The van der Waals surface area contributed by atoms with Crippen LogP contribution in [-0.2, 0) is 22.7 Å². The van der Waals surface area contributed by atoms with Gasteiger partial charge in [0.25, 0.3) is 5.91 Å². The Kier molecular flexibility index (Phi) is 6.74. The highest BCUT2D eigenvalue weighted by molar-refractivity contribution is 5.85. The Morgan fingerprint density at radius 1 is 0.838 bits per heavy atom. The Morgan fingerprint density at radius 2 is 1.57 bits per heavy atom. The van der Waals surface area contributed by atoms with Gasteiger partial charge in [0.05, 0.1) is 6.67 Å². The monoisotopic (exact) mass is 502 g/mol. The first-order chi connectivity index (χ1) is 18.2. The van der Waals surface area contributed by atoms with E-state index in [4.69, 9.17) is 9.47 Å². The van der Waals surface area contributed by atoms with Gasteiger partial charge < -0.3 is 23.8 Å². The maximum atomic E-state index is 13.1. The summed E-state index contributed by atoms with van der Waals surface area (Å²) in [6.45, 7) is 5.74. The number of rotatable bonds is 6. The third-order valence-corrected chi connectivity index (χ3v) is 7.76. The second kappa shape index (κ2) is 10.5. The van der Waals surface area contributed by atoms with Crippen LogP contribution in [0, 0.1) is 0 Å². The molecule has 0 bridgehead atoms. The van der Waals surface area contributed by atoms with Crippen LogP contribution in [0.2, 0.25) is 0 Å². The van der Waals surface area contributed by atoms with E-state index < -0.39 is 6.10 Å². The van der Waals surface area contributed by atoms with Gasteiger partial charge in [0.2, 0.25) is 12.0 Å². The summed E-state index contributed by atoms with van der Waals surface area (Å²) < 4.78 is 14.0. The van der Waals surface area contributed by atoms with Crippen molar-refractivity contribution in [1.82, 2.24) is 19.3 Å². The van der Waals surface area contributed by atoms with Crippen molar-refractivity contribution >= 4 is 22.7 Å². The van der Waals surface area contributed by atoms with Gasteiger partial charge in [-0.3, -0.25) is 14.5 Å². The molecule has 4 heterocycles. The number of carbonyl (C=O) groups excluding carboxylic acids is 2. The first-order valence-corrected chi connectivity index (χ1v) is 13.4. The lowest BCUT2D eigenvalue weighted by molar-refractivity contribution is -0.143. The molecule has 2 amide bonds. The molecule has 3 aromatic rings. The summed E-state index contributed by atoms with van der Waals surface area (Å²) in [5.41, 5.74) is 2.42. The molecule has 0 aliphatic carbocycles. The summed E-state index contributed by atoms with van der Waals surface area (Å²) in [6.07, 6.45) is 5.19. The van der Waals surface area contributed by atoms with E-state index in [1.807, 2.05) is 34.1 Å². The van der Waals surface area contributed by atoms with Crippen LogP contribution in [-0.4, -0.2) is 83.1 Å². The minimum absolute atomic E-state index is 0.00878. The second-order valence-electron chi connectivity index (χ2n) is 10.2. The molecule has 0 radical (unpaired) electrons. The highest BCUT2D eigenvalue weighted by Crippen LogP contribution is 2.31. The summed E-state index contributed by atoms with van der Waals surface area (Å²) in [5, 5.41) is 1.22. The molecule has 3 aliphatic heterocycles. The minimum atomic E-state index is -0.597. The fraction of sp³-hybridized carbons (Fsp3) is 0.448. The molecule has 3 aliphatic rings. The molecule has 8 heteroatoms. The smallest absolute Gasteiger partial charge is 0.267 e. The Balaban J connectivity index is 1.06. The largest absolute Gasteiger partial charge is 0.485 e. The van der Waals surface area contributed by atoms with Crippen LogP contribution >= 0.6 is 0 Å². The number of likely N-dealkylation sites (tertiary alicyclic amines) is 1. The fourth-order valence-corrected chi connectivity index (χ4v) is 5.68. The van der Waals surface area contributed by atoms with Crippen LogP contribution in [0.25, 0.3) is 10.9 Å². The van der Waals surface area contributed by atoms with Crippen molar-refractivity contribution in [3.8, 4) is 11.5 Å². The number of hydrogen-bond donors (Lipinski definition) is 0. The molecular weight excluding hydrogens is 468 g/mol. The lowest BCUT2D eigenvalue weighted by atomic mass is 10.1. The highest BCUT2D eigenvalue weighted by atomic mass is 16.6. The predicted octanol–water partition coefficient (Wildman–Crippen LogP) is 3.14. The molecule has 2 fully saturated rings. The fourth-order valence-electron chi connectivity index (χ4n) is 5.68. The number of piperazine rings is 1. The number of benzene rings is 2. The minimum Gasteiger partial charge on any atom is -0.485 e. The van der Waals surface area contributed by atoms with Gasteiger partial charge in [-0.25, -0.2) is 0 Å². The standard InChI is InChI=1S/C29H34N4O4/c34-28(31-13-5-6-14-31)12-11-22-19-33(24-8-2-1-7-23(22)24)21-30-15-17-32(18-16-30)29(35)27-20-36-25-9-3-4-10-26(25)37-27/h1-4,7-10,19,27H,5-6,11-18,20-21H2/t27-/m1/s1. The van der Waals surface area contributed by atoms with Crippen molar-refractivity contribution in [2.75, 3.05) is 45.9 Å². The van der Waals surface area contributed by atoms with Gasteiger partial charge in [0.1, 0.15) is 6.61 Å². The highest BCUT2D eigenvalue weighted by Gasteiger charge is 2.32. The quantitative estimate of drug-likeness (QED) is 0.518. The summed E-state index contributed by atoms with van der Waals surface area (Å²) in [4.78, 5) is 32.0. The first kappa shape index (κ1) is 23.9. The molecule has 0 spiro atoms. The van der Waals surface area contributed by atoms with E-state index in [-0.39, 0.29) is 18.4 Å². The van der Waals surface area contributed by atoms with Gasteiger partial charge in [-0.15, -0.1) is 0 Å². The first-order valence-electron chi connectivity index (χ1n) is 13.4. The van der Waals surface area contributed by atoms with Crippen molar-refractivity contribution in [2.24, 2.45) is 0 Å². The average Bonchev–Trinajstić information content (AvgIpc) is 3.61. The number of aromatic nitrogens is 1. The van der Waals surface area contributed by atoms with E-state index >= 15 is 0 Å². The van der Waals surface area contributed by atoms with Crippen LogP contribution in [0.15, 0.2) is 54.7 Å². The molecule has 1 atom stereocenters. The van der Waals surface area contributed by atoms with Crippen LogP contribution in [0.1, 0.15) is 24.8 Å². The lowest BCUT2D eigenvalue weighted by Gasteiger charge is -2.37. The van der Waals surface area contributed by atoms with Gasteiger partial charge in [-0.1, -0.05) is 30.3 Å². The predicted molar refractivity (Wildman–Crippen MR) is 141 cm³/mol. The molecule has 37 heavy (non-hydrogen) atoms. The number of ether oxygens (including phenoxy) is 2. The summed E-state index contributed by atoms with van der Waals surface area (Å²) in [7, 11) is 0. The summed E-state index contributed by atoms with van der Waals surface area (Å²) in [6, 6.07) is 15.9. The normalized spacial score (nSPS) is 19.9. The molecule has 2 saturated heterocycles. The molecule has 0 saturated carbocycles. The third kappa shape index (κ3) is 5.03. The number of amides is 2. The van der Waals surface area contributed by atoms with E-state index in [1.165, 1.54) is 16.5 Å². The van der Waals surface area contributed by atoms with Gasteiger partial charge in [-0.05, 0) is 43.0 Å². The zero-order chi connectivity index (χ0) is 25.2. The molecule has 0 unspecified atom stereocenters. The molecule has 0 N–H and O–H groups in total. The van der Waals surface area contributed by atoms with Crippen molar-refractivity contribution in [3.63, 3.8) is 0 Å². The van der Waals surface area contributed by atoms with Gasteiger partial charge in [0, 0.05) is 62.8 Å². The van der Waals surface area contributed by atoms with Crippen molar-refractivity contribution in [1.29, 1.82) is 0 Å². The lowest BCUT2D eigenvalue weighted by Crippen LogP contribution is -2.54. The maximum Gasteiger partial charge on any atom is 0.267 e. The Labute approximate surface area is 217 Å².